The van der Waals surface area contributed by atoms with E-state index in [1.54, 1.807) is 0 Å². The summed E-state index contributed by atoms with van der Waals surface area (Å²) in [7, 11) is 0.996. The van der Waals surface area contributed by atoms with Gasteiger partial charge in [-0.2, -0.15) is 0 Å². The van der Waals surface area contributed by atoms with E-state index >= 15 is 0 Å². The highest BCUT2D eigenvalue weighted by atomic mass is 19.1. The molecular formula is C11H12FNO4. The summed E-state index contributed by atoms with van der Waals surface area (Å²) in [4.78, 5) is 22.3. The van der Waals surface area contributed by atoms with Gasteiger partial charge in [-0.05, 0) is 6.07 Å². The Morgan fingerprint density at radius 1 is 1.41 bits per heavy atom. The van der Waals surface area contributed by atoms with Crippen LogP contribution in [-0.4, -0.2) is 34.1 Å². The highest BCUT2D eigenvalue weighted by molar-refractivity contribution is 6.35. The molecule has 0 bridgehead atoms. The molecule has 1 amide bonds. The lowest BCUT2D eigenvalue weighted by atomic mass is 10.0. The number of hydroxylamine groups is 2. The molecule has 0 saturated heterocycles. The summed E-state index contributed by atoms with van der Waals surface area (Å²) < 4.78 is 13.2. The van der Waals surface area contributed by atoms with Gasteiger partial charge in [0.15, 0.2) is 0 Å². The number of hydrogen-bond acceptors (Lipinski definition) is 4. The predicted molar refractivity (Wildman–Crippen MR) is 55.5 cm³/mol. The number of carbonyl (C=O) groups excluding carboxylic acids is 2. The molecule has 1 atom stereocenters. The van der Waals surface area contributed by atoms with E-state index in [-0.39, 0.29) is 10.6 Å². The molecule has 0 saturated carbocycles. The first kappa shape index (κ1) is 13.3. The first-order valence-corrected chi connectivity index (χ1v) is 4.85. The lowest BCUT2D eigenvalue weighted by Crippen LogP contribution is -2.31. The second kappa shape index (κ2) is 5.51. The smallest absolute Gasteiger partial charge is 0.313 e. The Morgan fingerprint density at radius 3 is 2.53 bits per heavy atom. The van der Waals surface area contributed by atoms with Crippen molar-refractivity contribution in [3.63, 3.8) is 0 Å². The van der Waals surface area contributed by atoms with Gasteiger partial charge in [0, 0.05) is 19.0 Å². The average Bonchev–Trinajstić information content (AvgIpc) is 2.28. The standard InChI is InChI=1S/C11H12FNO4/c1-13(17)11(16)10(15)6-9(14)7-4-2-3-5-8(7)12/h2-5,9,14,17H,6H2,1H3. The summed E-state index contributed by atoms with van der Waals surface area (Å²) in [6.07, 6.45) is -1.99. The van der Waals surface area contributed by atoms with Gasteiger partial charge >= 0.3 is 5.91 Å². The predicted octanol–water partition coefficient (Wildman–Crippen LogP) is 0.666. The van der Waals surface area contributed by atoms with Crippen LogP contribution in [-0.2, 0) is 9.59 Å². The van der Waals surface area contributed by atoms with E-state index in [4.69, 9.17) is 5.21 Å². The van der Waals surface area contributed by atoms with Crippen molar-refractivity contribution in [2.45, 2.75) is 12.5 Å². The van der Waals surface area contributed by atoms with Crippen LogP contribution >= 0.6 is 0 Å². The van der Waals surface area contributed by atoms with Crippen molar-refractivity contribution in [2.75, 3.05) is 7.05 Å². The Balaban J connectivity index is 2.74. The zero-order chi connectivity index (χ0) is 13.0. The molecule has 6 heteroatoms. The molecule has 0 aromatic heterocycles. The molecule has 17 heavy (non-hydrogen) atoms. The second-order valence-electron chi connectivity index (χ2n) is 3.49. The number of aliphatic hydroxyl groups is 1. The van der Waals surface area contributed by atoms with E-state index in [0.29, 0.717) is 0 Å². The molecule has 0 fully saturated rings. The number of likely N-dealkylation sites (N-methyl/N-ethyl adjacent to an activating group) is 1. The fraction of sp³-hybridized carbons (Fsp3) is 0.273. The van der Waals surface area contributed by atoms with Crippen LogP contribution in [0.1, 0.15) is 18.1 Å². The van der Waals surface area contributed by atoms with E-state index in [1.165, 1.54) is 18.2 Å². The number of rotatable bonds is 4. The minimum atomic E-state index is -1.41. The minimum absolute atomic E-state index is 0.0609. The van der Waals surface area contributed by atoms with E-state index in [0.717, 1.165) is 13.1 Å². The van der Waals surface area contributed by atoms with Crippen LogP contribution < -0.4 is 0 Å². The number of amides is 1. The van der Waals surface area contributed by atoms with Gasteiger partial charge in [0.2, 0.25) is 5.78 Å². The molecule has 0 spiro atoms. The van der Waals surface area contributed by atoms with Crippen LogP contribution in [0, 0.1) is 5.82 Å². The molecule has 0 aliphatic heterocycles. The van der Waals surface area contributed by atoms with Gasteiger partial charge in [-0.15, -0.1) is 0 Å². The molecular weight excluding hydrogens is 229 g/mol. The van der Waals surface area contributed by atoms with E-state index < -0.39 is 30.0 Å². The maximum Gasteiger partial charge on any atom is 0.313 e. The fourth-order valence-electron chi connectivity index (χ4n) is 1.30. The number of benzene rings is 1. The summed E-state index contributed by atoms with van der Waals surface area (Å²) in [6.45, 7) is 0. The van der Waals surface area contributed by atoms with Gasteiger partial charge in [-0.25, -0.2) is 9.45 Å². The van der Waals surface area contributed by atoms with Crippen LogP contribution in [0.2, 0.25) is 0 Å². The van der Waals surface area contributed by atoms with Gasteiger partial charge in [-0.3, -0.25) is 14.8 Å². The van der Waals surface area contributed by atoms with Crippen LogP contribution in [0.5, 0.6) is 0 Å². The Morgan fingerprint density at radius 2 is 2.00 bits per heavy atom. The fourth-order valence-corrected chi connectivity index (χ4v) is 1.30. The number of Topliss-reactive ketones (excluding diaryl/α,β-unsaturated/α-hetero) is 1. The summed E-state index contributed by atoms with van der Waals surface area (Å²) in [6, 6.07) is 5.41. The molecule has 0 aliphatic rings. The van der Waals surface area contributed by atoms with Gasteiger partial charge in [-0.1, -0.05) is 18.2 Å². The van der Waals surface area contributed by atoms with E-state index in [9.17, 15) is 19.1 Å². The van der Waals surface area contributed by atoms with Crippen molar-refractivity contribution in [3.05, 3.63) is 35.6 Å². The maximum absolute atomic E-state index is 13.2. The quantitative estimate of drug-likeness (QED) is 0.461. The third-order valence-electron chi connectivity index (χ3n) is 2.18. The highest BCUT2D eigenvalue weighted by Crippen LogP contribution is 2.19. The third kappa shape index (κ3) is 3.33. The molecule has 1 aromatic rings. The van der Waals surface area contributed by atoms with Gasteiger partial charge in [0.1, 0.15) is 5.82 Å². The second-order valence-corrected chi connectivity index (χ2v) is 3.49. The molecule has 1 unspecified atom stereocenters. The topological polar surface area (TPSA) is 77.8 Å². The molecule has 0 aliphatic carbocycles. The van der Waals surface area contributed by atoms with Crippen LogP contribution in [0.25, 0.3) is 0 Å². The normalized spacial score (nSPS) is 12.0. The Hall–Kier alpha value is -1.79. The Kier molecular flexibility index (Phi) is 4.30. The number of hydrogen-bond donors (Lipinski definition) is 2. The zero-order valence-corrected chi connectivity index (χ0v) is 9.13. The van der Waals surface area contributed by atoms with Crippen LogP contribution in [0.3, 0.4) is 0 Å². The van der Waals surface area contributed by atoms with Gasteiger partial charge in [0.05, 0.1) is 6.10 Å². The minimum Gasteiger partial charge on any atom is -0.388 e. The van der Waals surface area contributed by atoms with Crippen LogP contribution in [0.15, 0.2) is 24.3 Å². The molecule has 2 N–H and O–H groups in total. The van der Waals surface area contributed by atoms with Crippen molar-refractivity contribution in [2.24, 2.45) is 0 Å². The lowest BCUT2D eigenvalue weighted by molar-refractivity contribution is -0.166. The number of nitrogens with zero attached hydrogens (tertiary/aromatic N) is 1. The summed E-state index contributed by atoms with van der Waals surface area (Å²) in [5.74, 6) is -2.80. The number of carbonyl (C=O) groups is 2. The number of aliphatic hydroxyl groups excluding tert-OH is 1. The van der Waals surface area contributed by atoms with Crippen molar-refractivity contribution in [1.82, 2.24) is 5.06 Å². The molecule has 92 valence electrons. The molecule has 0 heterocycles. The van der Waals surface area contributed by atoms with E-state index in [1.807, 2.05) is 0 Å². The van der Waals surface area contributed by atoms with Gasteiger partial charge in [0.25, 0.3) is 0 Å². The highest BCUT2D eigenvalue weighted by Gasteiger charge is 2.23. The van der Waals surface area contributed by atoms with Crippen molar-refractivity contribution >= 4 is 11.7 Å². The van der Waals surface area contributed by atoms with Crippen LogP contribution in [0.4, 0.5) is 4.39 Å². The Labute approximate surface area is 97.0 Å². The SMILES string of the molecule is CN(O)C(=O)C(=O)CC(O)c1ccccc1F. The zero-order valence-electron chi connectivity index (χ0n) is 9.13. The molecule has 0 radical (unpaired) electrons. The summed E-state index contributed by atoms with van der Waals surface area (Å²) in [5, 5.41) is 18.4. The monoisotopic (exact) mass is 241 g/mol. The lowest BCUT2D eigenvalue weighted by Gasteiger charge is -2.12. The molecule has 5 nitrogen and oxygen atoms in total. The molecule has 1 aromatic carbocycles. The first-order chi connectivity index (χ1) is 7.93. The van der Waals surface area contributed by atoms with Gasteiger partial charge < -0.3 is 5.11 Å². The van der Waals surface area contributed by atoms with Crippen molar-refractivity contribution in [3.8, 4) is 0 Å². The number of halogens is 1. The largest absolute Gasteiger partial charge is 0.388 e. The van der Waals surface area contributed by atoms with Crippen molar-refractivity contribution in [1.29, 1.82) is 0 Å². The average molecular weight is 241 g/mol. The number of ketones is 1. The molecule has 1 rings (SSSR count). The maximum atomic E-state index is 13.2. The van der Waals surface area contributed by atoms with E-state index in [2.05, 4.69) is 0 Å². The first-order valence-electron chi connectivity index (χ1n) is 4.85. The third-order valence-corrected chi connectivity index (χ3v) is 2.18. The van der Waals surface area contributed by atoms with Crippen molar-refractivity contribution < 1.29 is 24.3 Å². The summed E-state index contributed by atoms with van der Waals surface area (Å²) >= 11 is 0. The Bertz CT molecular complexity index is 433. The summed E-state index contributed by atoms with van der Waals surface area (Å²) in [5.41, 5.74) is -0.0609.